The number of likely N-dealkylation sites (N-methyl/N-ethyl adjacent to an activating group) is 1. The molecule has 0 aromatic heterocycles. The van der Waals surface area contributed by atoms with Gasteiger partial charge in [-0.05, 0) is 12.1 Å². The van der Waals surface area contributed by atoms with E-state index in [1.165, 1.54) is 12.1 Å². The Morgan fingerprint density at radius 1 is 1.19 bits per heavy atom. The second-order valence-corrected chi connectivity index (χ2v) is 4.90. The van der Waals surface area contributed by atoms with E-state index in [1.54, 1.807) is 0 Å². The maximum absolute atomic E-state index is 11.5. The SMILES string of the molecule is C[NH+](C)CC(=O)Nc1cc(Cl)c(Cl)cc1Cl. The molecule has 0 spiro atoms. The molecule has 3 nitrogen and oxygen atoms in total. The number of anilines is 1. The summed E-state index contributed by atoms with van der Waals surface area (Å²) in [5, 5.41) is 3.77. The fourth-order valence-electron chi connectivity index (χ4n) is 1.13. The minimum atomic E-state index is -0.125. The summed E-state index contributed by atoms with van der Waals surface area (Å²) in [4.78, 5) is 12.5. The van der Waals surface area contributed by atoms with Crippen LogP contribution in [0, 0.1) is 0 Å². The van der Waals surface area contributed by atoms with Crippen LogP contribution in [0.1, 0.15) is 0 Å². The molecule has 0 saturated carbocycles. The first kappa shape index (κ1) is 13.6. The average molecular weight is 283 g/mol. The Morgan fingerprint density at radius 2 is 1.75 bits per heavy atom. The number of carbonyl (C=O) groups excluding carboxylic acids is 1. The maximum Gasteiger partial charge on any atom is 0.279 e. The molecule has 6 heteroatoms. The number of nitrogens with one attached hydrogen (secondary N) is 2. The van der Waals surface area contributed by atoms with Gasteiger partial charge >= 0.3 is 0 Å². The molecule has 0 atom stereocenters. The minimum Gasteiger partial charge on any atom is -0.332 e. The number of carbonyl (C=O) groups is 1. The fourth-order valence-corrected chi connectivity index (χ4v) is 1.73. The topological polar surface area (TPSA) is 33.5 Å². The largest absolute Gasteiger partial charge is 0.332 e. The third kappa shape index (κ3) is 3.83. The van der Waals surface area contributed by atoms with Crippen LogP contribution in [-0.4, -0.2) is 26.5 Å². The molecule has 2 N–H and O–H groups in total. The second-order valence-electron chi connectivity index (χ2n) is 3.68. The van der Waals surface area contributed by atoms with Gasteiger partial charge in [0.05, 0.1) is 34.9 Å². The van der Waals surface area contributed by atoms with Crippen molar-refractivity contribution in [3.05, 3.63) is 27.2 Å². The van der Waals surface area contributed by atoms with Crippen molar-refractivity contribution in [2.75, 3.05) is 26.0 Å². The van der Waals surface area contributed by atoms with Gasteiger partial charge in [-0.25, -0.2) is 0 Å². The number of hydrogen-bond acceptors (Lipinski definition) is 1. The lowest BCUT2D eigenvalue weighted by molar-refractivity contribution is -0.849. The van der Waals surface area contributed by atoms with Gasteiger partial charge in [-0.3, -0.25) is 4.79 Å². The molecular weight excluding hydrogens is 270 g/mol. The summed E-state index contributed by atoms with van der Waals surface area (Å²) in [7, 11) is 3.77. The van der Waals surface area contributed by atoms with E-state index in [2.05, 4.69) is 5.32 Å². The van der Waals surface area contributed by atoms with Gasteiger partial charge < -0.3 is 10.2 Å². The second kappa shape index (κ2) is 5.73. The van der Waals surface area contributed by atoms with Crippen molar-refractivity contribution in [1.29, 1.82) is 0 Å². The normalized spacial score (nSPS) is 10.6. The first-order valence-electron chi connectivity index (χ1n) is 4.63. The van der Waals surface area contributed by atoms with E-state index in [0.717, 1.165) is 4.90 Å². The smallest absolute Gasteiger partial charge is 0.279 e. The fraction of sp³-hybridized carbons (Fsp3) is 0.300. The molecule has 1 aromatic rings. The van der Waals surface area contributed by atoms with Gasteiger partial charge in [-0.15, -0.1) is 0 Å². The molecule has 0 fully saturated rings. The molecular formula is C10H12Cl3N2O+. The van der Waals surface area contributed by atoms with E-state index < -0.39 is 0 Å². The first-order chi connectivity index (χ1) is 7.40. The molecule has 0 aliphatic rings. The van der Waals surface area contributed by atoms with Crippen LogP contribution in [0.5, 0.6) is 0 Å². The van der Waals surface area contributed by atoms with Crippen molar-refractivity contribution in [1.82, 2.24) is 0 Å². The van der Waals surface area contributed by atoms with Crippen LogP contribution >= 0.6 is 34.8 Å². The Hall–Kier alpha value is -0.480. The Kier molecular flexibility index (Phi) is 4.87. The Balaban J connectivity index is 2.81. The van der Waals surface area contributed by atoms with Crippen LogP contribution < -0.4 is 10.2 Å². The van der Waals surface area contributed by atoms with Gasteiger partial charge in [0.2, 0.25) is 0 Å². The number of hydrogen-bond donors (Lipinski definition) is 2. The molecule has 0 unspecified atom stereocenters. The van der Waals surface area contributed by atoms with Crippen LogP contribution in [0.25, 0.3) is 0 Å². The van der Waals surface area contributed by atoms with Crippen molar-refractivity contribution in [2.24, 2.45) is 0 Å². The number of halogens is 3. The average Bonchev–Trinajstić information content (AvgIpc) is 2.12. The van der Waals surface area contributed by atoms with Crippen LogP contribution in [0.2, 0.25) is 15.1 Å². The van der Waals surface area contributed by atoms with E-state index in [9.17, 15) is 4.79 Å². The van der Waals surface area contributed by atoms with Crippen LogP contribution in [0.3, 0.4) is 0 Å². The molecule has 0 radical (unpaired) electrons. The summed E-state index contributed by atoms with van der Waals surface area (Å²) in [6.07, 6.45) is 0. The molecule has 0 bridgehead atoms. The molecule has 0 aliphatic carbocycles. The summed E-state index contributed by atoms with van der Waals surface area (Å²) in [5.41, 5.74) is 0.474. The monoisotopic (exact) mass is 281 g/mol. The van der Waals surface area contributed by atoms with Crippen molar-refractivity contribution >= 4 is 46.4 Å². The highest BCUT2D eigenvalue weighted by atomic mass is 35.5. The van der Waals surface area contributed by atoms with Gasteiger partial charge in [0.1, 0.15) is 0 Å². The van der Waals surface area contributed by atoms with E-state index in [0.29, 0.717) is 27.3 Å². The van der Waals surface area contributed by atoms with Crippen molar-refractivity contribution < 1.29 is 9.69 Å². The zero-order chi connectivity index (χ0) is 12.3. The standard InChI is InChI=1S/C10H11Cl3N2O/c1-15(2)5-10(16)14-9-4-7(12)6(11)3-8(9)13/h3-4H,5H2,1-2H3,(H,14,16)/p+1. The summed E-state index contributed by atoms with van der Waals surface area (Å²) < 4.78 is 0. The number of rotatable bonds is 3. The summed E-state index contributed by atoms with van der Waals surface area (Å²) >= 11 is 17.5. The third-order valence-corrected chi connectivity index (χ3v) is 2.83. The van der Waals surface area contributed by atoms with Crippen LogP contribution in [0.15, 0.2) is 12.1 Å². The summed E-state index contributed by atoms with van der Waals surface area (Å²) in [6.45, 7) is 0.358. The van der Waals surface area contributed by atoms with Gasteiger partial charge in [0, 0.05) is 0 Å². The lowest BCUT2D eigenvalue weighted by Gasteiger charge is -2.10. The zero-order valence-electron chi connectivity index (χ0n) is 8.90. The highest BCUT2D eigenvalue weighted by Crippen LogP contribution is 2.32. The van der Waals surface area contributed by atoms with Gasteiger partial charge in [-0.2, -0.15) is 0 Å². The van der Waals surface area contributed by atoms with E-state index in [4.69, 9.17) is 34.8 Å². The first-order valence-corrected chi connectivity index (χ1v) is 5.77. The lowest BCUT2D eigenvalue weighted by atomic mass is 10.3. The van der Waals surface area contributed by atoms with Crippen molar-refractivity contribution in [2.45, 2.75) is 0 Å². The minimum absolute atomic E-state index is 0.125. The van der Waals surface area contributed by atoms with Crippen LogP contribution in [0.4, 0.5) is 5.69 Å². The third-order valence-electron chi connectivity index (χ3n) is 1.80. The van der Waals surface area contributed by atoms with Crippen molar-refractivity contribution in [3.8, 4) is 0 Å². The molecule has 16 heavy (non-hydrogen) atoms. The van der Waals surface area contributed by atoms with Gasteiger partial charge in [-0.1, -0.05) is 34.8 Å². The lowest BCUT2D eigenvalue weighted by Crippen LogP contribution is -3.06. The van der Waals surface area contributed by atoms with E-state index in [-0.39, 0.29) is 5.91 Å². The number of quaternary nitrogens is 1. The van der Waals surface area contributed by atoms with Crippen LogP contribution in [-0.2, 0) is 4.79 Å². The predicted molar refractivity (Wildman–Crippen MR) is 67.8 cm³/mol. The quantitative estimate of drug-likeness (QED) is 0.814. The number of benzene rings is 1. The molecule has 0 saturated heterocycles. The highest BCUT2D eigenvalue weighted by Gasteiger charge is 2.11. The van der Waals surface area contributed by atoms with E-state index >= 15 is 0 Å². The number of amides is 1. The molecule has 0 heterocycles. The summed E-state index contributed by atoms with van der Waals surface area (Å²) in [5.74, 6) is -0.125. The van der Waals surface area contributed by atoms with Crippen molar-refractivity contribution in [3.63, 3.8) is 0 Å². The maximum atomic E-state index is 11.5. The Labute approximate surface area is 109 Å². The van der Waals surface area contributed by atoms with Gasteiger partial charge in [0.25, 0.3) is 5.91 Å². The molecule has 1 aromatic carbocycles. The van der Waals surface area contributed by atoms with E-state index in [1.807, 2.05) is 14.1 Å². The molecule has 1 amide bonds. The molecule has 0 aliphatic heterocycles. The highest BCUT2D eigenvalue weighted by molar-refractivity contribution is 6.44. The Bertz CT molecular complexity index is 407. The molecule has 1 rings (SSSR count). The predicted octanol–water partition coefficient (Wildman–Crippen LogP) is 1.73. The Morgan fingerprint density at radius 3 is 2.31 bits per heavy atom. The zero-order valence-corrected chi connectivity index (χ0v) is 11.2. The van der Waals surface area contributed by atoms with Gasteiger partial charge in [0.15, 0.2) is 6.54 Å². The molecule has 88 valence electrons. The summed E-state index contributed by atoms with van der Waals surface area (Å²) in [6, 6.07) is 3.04.